The molecular weight excluding hydrogens is 284 g/mol. The summed E-state index contributed by atoms with van der Waals surface area (Å²) in [6.45, 7) is 2.96. The van der Waals surface area contributed by atoms with Gasteiger partial charge in [-0.3, -0.25) is 9.59 Å². The zero-order chi connectivity index (χ0) is 15.7. The number of rotatable bonds is 2. The van der Waals surface area contributed by atoms with Gasteiger partial charge in [0.15, 0.2) is 6.10 Å². The fourth-order valence-electron chi connectivity index (χ4n) is 2.87. The number of likely N-dealkylation sites (tertiary alicyclic amines) is 1. The Kier molecular flexibility index (Phi) is 4.02. The molecule has 2 amide bonds. The van der Waals surface area contributed by atoms with Crippen molar-refractivity contribution in [3.8, 4) is 5.75 Å². The number of ether oxygens (including phenoxy) is 1. The van der Waals surface area contributed by atoms with Gasteiger partial charge in [-0.05, 0) is 24.5 Å². The van der Waals surface area contributed by atoms with E-state index in [1.807, 2.05) is 19.1 Å². The summed E-state index contributed by atoms with van der Waals surface area (Å²) in [5, 5.41) is 12.5. The third-order valence-corrected chi connectivity index (χ3v) is 4.28. The standard InChI is InChI=1S/C16H20N2O4/c1-10-9-18(7-6-12(10)19)15(20)8-14-16(21)17-11-4-2-3-5-13(11)22-14/h2-5,10,12,14,19H,6-9H2,1H3,(H,17,21). The summed E-state index contributed by atoms with van der Waals surface area (Å²) < 4.78 is 5.64. The minimum atomic E-state index is -0.801. The van der Waals surface area contributed by atoms with Crippen LogP contribution in [0.1, 0.15) is 19.8 Å². The van der Waals surface area contributed by atoms with Gasteiger partial charge in [-0.15, -0.1) is 0 Å². The van der Waals surface area contributed by atoms with Crippen LogP contribution in [-0.2, 0) is 9.59 Å². The Morgan fingerprint density at radius 2 is 2.23 bits per heavy atom. The molecule has 118 valence electrons. The molecule has 0 radical (unpaired) electrons. The average Bonchev–Trinajstić information content (AvgIpc) is 2.50. The number of hydrogen-bond donors (Lipinski definition) is 2. The molecular formula is C16H20N2O4. The normalized spacial score (nSPS) is 27.6. The summed E-state index contributed by atoms with van der Waals surface area (Å²) in [6.07, 6.45) is -0.564. The van der Waals surface area contributed by atoms with E-state index < -0.39 is 6.10 Å². The van der Waals surface area contributed by atoms with E-state index in [-0.39, 0.29) is 30.3 Å². The molecule has 1 saturated heterocycles. The molecule has 1 fully saturated rings. The Bertz CT molecular complexity index is 589. The molecule has 2 N–H and O–H groups in total. The van der Waals surface area contributed by atoms with Crippen LogP contribution >= 0.6 is 0 Å². The van der Waals surface area contributed by atoms with Gasteiger partial charge in [-0.2, -0.15) is 0 Å². The van der Waals surface area contributed by atoms with Gasteiger partial charge < -0.3 is 20.1 Å². The molecule has 6 nitrogen and oxygen atoms in total. The number of para-hydroxylation sites is 2. The first-order chi connectivity index (χ1) is 10.5. The third kappa shape index (κ3) is 2.92. The predicted molar refractivity (Wildman–Crippen MR) is 80.5 cm³/mol. The molecule has 0 spiro atoms. The van der Waals surface area contributed by atoms with Gasteiger partial charge in [-0.25, -0.2) is 0 Å². The fraction of sp³-hybridized carbons (Fsp3) is 0.500. The van der Waals surface area contributed by atoms with Crippen molar-refractivity contribution in [2.45, 2.75) is 32.0 Å². The van der Waals surface area contributed by atoms with Crippen LogP contribution in [0.15, 0.2) is 24.3 Å². The molecule has 2 heterocycles. The molecule has 3 atom stereocenters. The quantitative estimate of drug-likeness (QED) is 0.854. The van der Waals surface area contributed by atoms with Gasteiger partial charge in [-0.1, -0.05) is 19.1 Å². The SMILES string of the molecule is CC1CN(C(=O)CC2Oc3ccccc3NC2=O)CCC1O. The highest BCUT2D eigenvalue weighted by molar-refractivity contribution is 5.99. The van der Waals surface area contributed by atoms with E-state index in [0.29, 0.717) is 30.9 Å². The fourth-order valence-corrected chi connectivity index (χ4v) is 2.87. The van der Waals surface area contributed by atoms with Gasteiger partial charge in [0, 0.05) is 13.1 Å². The average molecular weight is 304 g/mol. The number of nitrogens with one attached hydrogen (secondary N) is 1. The number of carbonyl (C=O) groups excluding carboxylic acids is 2. The molecule has 6 heteroatoms. The lowest BCUT2D eigenvalue weighted by atomic mass is 9.96. The van der Waals surface area contributed by atoms with Crippen molar-refractivity contribution in [2.75, 3.05) is 18.4 Å². The van der Waals surface area contributed by atoms with Crippen molar-refractivity contribution >= 4 is 17.5 Å². The van der Waals surface area contributed by atoms with Gasteiger partial charge in [0.25, 0.3) is 5.91 Å². The Morgan fingerprint density at radius 1 is 1.45 bits per heavy atom. The second kappa shape index (κ2) is 5.96. The first kappa shape index (κ1) is 14.8. The number of carbonyl (C=O) groups is 2. The molecule has 3 unspecified atom stereocenters. The minimum absolute atomic E-state index is 0.0168. The van der Waals surface area contributed by atoms with E-state index >= 15 is 0 Å². The lowest BCUT2D eigenvalue weighted by Gasteiger charge is -2.35. The van der Waals surface area contributed by atoms with Crippen LogP contribution in [0, 0.1) is 5.92 Å². The third-order valence-electron chi connectivity index (χ3n) is 4.28. The van der Waals surface area contributed by atoms with E-state index in [1.165, 1.54) is 0 Å². The Morgan fingerprint density at radius 3 is 3.00 bits per heavy atom. The lowest BCUT2D eigenvalue weighted by Crippen LogP contribution is -2.48. The summed E-state index contributed by atoms with van der Waals surface area (Å²) in [7, 11) is 0. The lowest BCUT2D eigenvalue weighted by molar-refractivity contribution is -0.139. The van der Waals surface area contributed by atoms with Crippen molar-refractivity contribution in [2.24, 2.45) is 5.92 Å². The van der Waals surface area contributed by atoms with E-state index in [1.54, 1.807) is 17.0 Å². The van der Waals surface area contributed by atoms with Crippen LogP contribution in [-0.4, -0.2) is 47.1 Å². The van der Waals surface area contributed by atoms with Gasteiger partial charge in [0.2, 0.25) is 5.91 Å². The topological polar surface area (TPSA) is 78.9 Å². The highest BCUT2D eigenvalue weighted by atomic mass is 16.5. The molecule has 0 saturated carbocycles. The first-order valence-corrected chi connectivity index (χ1v) is 7.57. The molecule has 1 aromatic carbocycles. The van der Waals surface area contributed by atoms with Gasteiger partial charge >= 0.3 is 0 Å². The number of nitrogens with zero attached hydrogens (tertiary/aromatic N) is 1. The summed E-state index contributed by atoms with van der Waals surface area (Å²) in [5.41, 5.74) is 0.630. The maximum atomic E-state index is 12.4. The van der Waals surface area contributed by atoms with Crippen molar-refractivity contribution in [3.05, 3.63) is 24.3 Å². The number of hydrogen-bond acceptors (Lipinski definition) is 4. The van der Waals surface area contributed by atoms with Gasteiger partial charge in [0.05, 0.1) is 18.2 Å². The van der Waals surface area contributed by atoms with Crippen molar-refractivity contribution < 1.29 is 19.4 Å². The summed E-state index contributed by atoms with van der Waals surface area (Å²) in [5.74, 6) is 0.234. The van der Waals surface area contributed by atoms with Crippen LogP contribution < -0.4 is 10.1 Å². The summed E-state index contributed by atoms with van der Waals surface area (Å²) >= 11 is 0. The smallest absolute Gasteiger partial charge is 0.266 e. The zero-order valence-corrected chi connectivity index (χ0v) is 12.5. The number of anilines is 1. The highest BCUT2D eigenvalue weighted by Gasteiger charge is 2.33. The largest absolute Gasteiger partial charge is 0.478 e. The number of aliphatic hydroxyl groups is 1. The molecule has 2 aliphatic rings. The number of aliphatic hydroxyl groups excluding tert-OH is 1. The summed E-state index contributed by atoms with van der Waals surface area (Å²) in [4.78, 5) is 26.1. The Labute approximate surface area is 129 Å². The molecule has 1 aromatic rings. The molecule has 0 aliphatic carbocycles. The zero-order valence-electron chi connectivity index (χ0n) is 12.5. The molecule has 2 aliphatic heterocycles. The first-order valence-electron chi connectivity index (χ1n) is 7.57. The second-order valence-electron chi connectivity index (χ2n) is 5.97. The minimum Gasteiger partial charge on any atom is -0.478 e. The van der Waals surface area contributed by atoms with Gasteiger partial charge in [0.1, 0.15) is 5.75 Å². The molecule has 22 heavy (non-hydrogen) atoms. The summed E-state index contributed by atoms with van der Waals surface area (Å²) in [6, 6.07) is 7.17. The second-order valence-corrected chi connectivity index (χ2v) is 5.97. The molecule has 0 aromatic heterocycles. The van der Waals surface area contributed by atoms with Crippen LogP contribution in [0.4, 0.5) is 5.69 Å². The van der Waals surface area contributed by atoms with E-state index in [2.05, 4.69) is 5.32 Å². The highest BCUT2D eigenvalue weighted by Crippen LogP contribution is 2.30. The van der Waals surface area contributed by atoms with Crippen LogP contribution in [0.3, 0.4) is 0 Å². The maximum absolute atomic E-state index is 12.4. The Hall–Kier alpha value is -2.08. The van der Waals surface area contributed by atoms with Crippen LogP contribution in [0.25, 0.3) is 0 Å². The van der Waals surface area contributed by atoms with Crippen molar-refractivity contribution in [1.29, 1.82) is 0 Å². The van der Waals surface area contributed by atoms with Crippen LogP contribution in [0.2, 0.25) is 0 Å². The number of fused-ring (bicyclic) bond motifs is 1. The monoisotopic (exact) mass is 304 g/mol. The molecule has 0 bridgehead atoms. The van der Waals surface area contributed by atoms with Crippen LogP contribution in [0.5, 0.6) is 5.75 Å². The van der Waals surface area contributed by atoms with Crippen molar-refractivity contribution in [3.63, 3.8) is 0 Å². The van der Waals surface area contributed by atoms with E-state index in [4.69, 9.17) is 4.74 Å². The predicted octanol–water partition coefficient (Wildman–Crippen LogP) is 1.01. The van der Waals surface area contributed by atoms with E-state index in [0.717, 1.165) is 0 Å². The maximum Gasteiger partial charge on any atom is 0.266 e. The molecule has 3 rings (SSSR count). The number of benzene rings is 1. The van der Waals surface area contributed by atoms with Crippen molar-refractivity contribution in [1.82, 2.24) is 4.90 Å². The number of amides is 2. The number of piperidine rings is 1. The van der Waals surface area contributed by atoms with E-state index in [9.17, 15) is 14.7 Å². The Balaban J connectivity index is 1.64.